The van der Waals surface area contributed by atoms with Crippen LogP contribution >= 0.6 is 0 Å². The van der Waals surface area contributed by atoms with E-state index in [1.807, 2.05) is 38.1 Å². The van der Waals surface area contributed by atoms with Gasteiger partial charge < -0.3 is 4.90 Å². The summed E-state index contributed by atoms with van der Waals surface area (Å²) in [5, 5.41) is 8.61. The molecule has 0 heterocycles. The largest absolute Gasteiger partial charge is 0.308 e. The predicted molar refractivity (Wildman–Crippen MR) is 68.7 cm³/mol. The van der Waals surface area contributed by atoms with Crippen molar-refractivity contribution in [1.82, 2.24) is 0 Å². The molecular formula is C14H16N2O. The van der Waals surface area contributed by atoms with Crippen molar-refractivity contribution in [2.75, 3.05) is 11.4 Å². The zero-order chi connectivity index (χ0) is 12.8. The van der Waals surface area contributed by atoms with Crippen LogP contribution < -0.4 is 4.90 Å². The van der Waals surface area contributed by atoms with Gasteiger partial charge in [-0.05, 0) is 43.2 Å². The molecule has 0 unspecified atom stereocenters. The van der Waals surface area contributed by atoms with E-state index in [-0.39, 0.29) is 5.91 Å². The average molecular weight is 228 g/mol. The number of hydrogen-bond donors (Lipinski definition) is 0. The van der Waals surface area contributed by atoms with Gasteiger partial charge >= 0.3 is 0 Å². The molecule has 0 saturated heterocycles. The molecule has 3 nitrogen and oxygen atoms in total. The first kappa shape index (κ1) is 13.0. The van der Waals surface area contributed by atoms with Crippen molar-refractivity contribution in [3.8, 4) is 6.07 Å². The summed E-state index contributed by atoms with van der Waals surface area (Å²) in [7, 11) is 0. The topological polar surface area (TPSA) is 44.1 Å². The van der Waals surface area contributed by atoms with Gasteiger partial charge in [-0.1, -0.05) is 12.6 Å². The number of benzene rings is 1. The predicted octanol–water partition coefficient (Wildman–Crippen LogP) is 2.74. The Morgan fingerprint density at radius 2 is 2.00 bits per heavy atom. The van der Waals surface area contributed by atoms with Crippen LogP contribution in [0.15, 0.2) is 30.9 Å². The summed E-state index contributed by atoms with van der Waals surface area (Å²) in [5.41, 5.74) is 3.01. The molecule has 0 aliphatic heterocycles. The Morgan fingerprint density at radius 1 is 1.41 bits per heavy atom. The molecule has 0 aromatic heterocycles. The third-order valence-corrected chi connectivity index (χ3v) is 2.41. The average Bonchev–Trinajstić information content (AvgIpc) is 2.28. The summed E-state index contributed by atoms with van der Waals surface area (Å²) in [6.07, 6.45) is 1.58. The van der Waals surface area contributed by atoms with Crippen LogP contribution in [0.4, 0.5) is 5.69 Å². The number of nitrogens with zero attached hydrogens (tertiary/aromatic N) is 2. The van der Waals surface area contributed by atoms with Gasteiger partial charge in [0.2, 0.25) is 5.91 Å². The maximum absolute atomic E-state index is 11.7. The third kappa shape index (κ3) is 3.46. The summed E-state index contributed by atoms with van der Waals surface area (Å²) >= 11 is 0. The van der Waals surface area contributed by atoms with Gasteiger partial charge in [-0.2, -0.15) is 5.26 Å². The molecule has 3 heteroatoms. The highest BCUT2D eigenvalue weighted by Crippen LogP contribution is 2.19. The van der Waals surface area contributed by atoms with E-state index in [0.29, 0.717) is 13.0 Å². The first-order valence-electron chi connectivity index (χ1n) is 5.47. The summed E-state index contributed by atoms with van der Waals surface area (Å²) in [5.74, 6) is -0.176. The van der Waals surface area contributed by atoms with Crippen LogP contribution in [-0.2, 0) is 4.79 Å². The van der Waals surface area contributed by atoms with Gasteiger partial charge in [0.25, 0.3) is 0 Å². The zero-order valence-electron chi connectivity index (χ0n) is 10.2. The first-order valence-corrected chi connectivity index (χ1v) is 5.47. The van der Waals surface area contributed by atoms with E-state index < -0.39 is 0 Å². The van der Waals surface area contributed by atoms with Crippen molar-refractivity contribution in [2.45, 2.75) is 20.3 Å². The van der Waals surface area contributed by atoms with Crippen LogP contribution in [0.1, 0.15) is 17.5 Å². The monoisotopic (exact) mass is 228 g/mol. The van der Waals surface area contributed by atoms with E-state index in [9.17, 15) is 4.79 Å². The summed E-state index contributed by atoms with van der Waals surface area (Å²) in [6, 6.07) is 7.97. The van der Waals surface area contributed by atoms with Gasteiger partial charge in [-0.3, -0.25) is 4.79 Å². The molecular weight excluding hydrogens is 212 g/mol. The fourth-order valence-corrected chi connectivity index (χ4v) is 1.75. The Balaban J connectivity index is 3.07. The Kier molecular flexibility index (Phi) is 4.47. The van der Waals surface area contributed by atoms with Gasteiger partial charge in [0, 0.05) is 12.2 Å². The van der Waals surface area contributed by atoms with Crippen LogP contribution in [0, 0.1) is 25.2 Å². The standard InChI is InChI=1S/C14H16N2O/c1-4-14(17)16(7-5-6-15)13-9-11(2)8-12(3)10-13/h4,8-10H,1,5,7H2,2-3H3. The van der Waals surface area contributed by atoms with Crippen molar-refractivity contribution in [3.05, 3.63) is 42.0 Å². The molecule has 1 aromatic carbocycles. The smallest absolute Gasteiger partial charge is 0.250 e. The van der Waals surface area contributed by atoms with Crippen LogP contribution in [0.5, 0.6) is 0 Å². The lowest BCUT2D eigenvalue weighted by Crippen LogP contribution is -2.30. The van der Waals surface area contributed by atoms with Crippen LogP contribution in [0.25, 0.3) is 0 Å². The minimum absolute atomic E-state index is 0.176. The van der Waals surface area contributed by atoms with E-state index in [1.165, 1.54) is 6.08 Å². The molecule has 88 valence electrons. The minimum Gasteiger partial charge on any atom is -0.308 e. The molecule has 1 rings (SSSR count). The van der Waals surface area contributed by atoms with Crippen LogP contribution in [0.2, 0.25) is 0 Å². The molecule has 0 aliphatic carbocycles. The summed E-state index contributed by atoms with van der Waals surface area (Å²) < 4.78 is 0. The molecule has 0 radical (unpaired) electrons. The van der Waals surface area contributed by atoms with Gasteiger partial charge in [-0.15, -0.1) is 0 Å². The van der Waals surface area contributed by atoms with Gasteiger partial charge in [0.1, 0.15) is 0 Å². The van der Waals surface area contributed by atoms with E-state index >= 15 is 0 Å². The van der Waals surface area contributed by atoms with Gasteiger partial charge in [0.15, 0.2) is 0 Å². The number of amides is 1. The molecule has 0 aliphatic rings. The number of carbonyl (C=O) groups is 1. The molecule has 0 bridgehead atoms. The normalized spacial score (nSPS) is 9.47. The summed E-state index contributed by atoms with van der Waals surface area (Å²) in [6.45, 7) is 7.85. The minimum atomic E-state index is -0.176. The molecule has 0 spiro atoms. The van der Waals surface area contributed by atoms with Crippen molar-refractivity contribution in [1.29, 1.82) is 5.26 Å². The van der Waals surface area contributed by atoms with E-state index in [4.69, 9.17) is 5.26 Å². The Bertz CT molecular complexity index is 451. The molecule has 1 amide bonds. The summed E-state index contributed by atoms with van der Waals surface area (Å²) in [4.78, 5) is 13.3. The quantitative estimate of drug-likeness (QED) is 0.744. The van der Waals surface area contributed by atoms with Crippen molar-refractivity contribution >= 4 is 11.6 Å². The Hall–Kier alpha value is -2.08. The van der Waals surface area contributed by atoms with Crippen LogP contribution in [-0.4, -0.2) is 12.5 Å². The van der Waals surface area contributed by atoms with Crippen molar-refractivity contribution in [2.24, 2.45) is 0 Å². The second kappa shape index (κ2) is 5.86. The van der Waals surface area contributed by atoms with E-state index in [1.54, 1.807) is 4.90 Å². The van der Waals surface area contributed by atoms with E-state index in [0.717, 1.165) is 16.8 Å². The Labute approximate surface area is 102 Å². The molecule has 17 heavy (non-hydrogen) atoms. The molecule has 0 saturated carbocycles. The van der Waals surface area contributed by atoms with E-state index in [2.05, 4.69) is 6.58 Å². The molecule has 0 N–H and O–H groups in total. The SMILES string of the molecule is C=CC(=O)N(CCC#N)c1cc(C)cc(C)c1. The number of nitriles is 1. The highest BCUT2D eigenvalue weighted by molar-refractivity contribution is 6.01. The number of carbonyl (C=O) groups excluding carboxylic acids is 1. The number of rotatable bonds is 4. The highest BCUT2D eigenvalue weighted by Gasteiger charge is 2.12. The number of anilines is 1. The fourth-order valence-electron chi connectivity index (χ4n) is 1.75. The molecule has 1 aromatic rings. The highest BCUT2D eigenvalue weighted by atomic mass is 16.2. The zero-order valence-corrected chi connectivity index (χ0v) is 10.2. The van der Waals surface area contributed by atoms with Crippen molar-refractivity contribution in [3.63, 3.8) is 0 Å². The lowest BCUT2D eigenvalue weighted by molar-refractivity contribution is -0.114. The second-order valence-electron chi connectivity index (χ2n) is 3.95. The fraction of sp³-hybridized carbons (Fsp3) is 0.286. The first-order chi connectivity index (χ1) is 8.08. The lowest BCUT2D eigenvalue weighted by Gasteiger charge is -2.21. The Morgan fingerprint density at radius 3 is 2.47 bits per heavy atom. The number of aryl methyl sites for hydroxylation is 2. The third-order valence-electron chi connectivity index (χ3n) is 2.41. The van der Waals surface area contributed by atoms with Gasteiger partial charge in [0.05, 0.1) is 12.5 Å². The maximum Gasteiger partial charge on any atom is 0.250 e. The second-order valence-corrected chi connectivity index (χ2v) is 3.95. The van der Waals surface area contributed by atoms with Crippen molar-refractivity contribution < 1.29 is 4.79 Å². The molecule has 0 atom stereocenters. The van der Waals surface area contributed by atoms with Gasteiger partial charge in [-0.25, -0.2) is 0 Å². The lowest BCUT2D eigenvalue weighted by atomic mass is 10.1. The van der Waals surface area contributed by atoms with Crippen LogP contribution in [0.3, 0.4) is 0 Å². The molecule has 0 fully saturated rings. The maximum atomic E-state index is 11.7. The number of hydrogen-bond acceptors (Lipinski definition) is 2.